The fraction of sp³-hybridized carbons (Fsp3) is 0.125. The predicted octanol–water partition coefficient (Wildman–Crippen LogP) is 6.79. The molecule has 34 heavy (non-hydrogen) atoms. The Labute approximate surface area is 200 Å². The van der Waals surface area contributed by atoms with E-state index in [1.165, 1.54) is 11.1 Å². The average Bonchev–Trinajstić information content (AvgIpc) is 3.58. The van der Waals surface area contributed by atoms with E-state index < -0.39 is 11.2 Å². The van der Waals surface area contributed by atoms with Crippen LogP contribution in [0.4, 0.5) is 0 Å². The van der Waals surface area contributed by atoms with Gasteiger partial charge in [-0.2, -0.15) is 0 Å². The third kappa shape index (κ3) is 3.43. The molecule has 0 saturated heterocycles. The molecule has 0 radical (unpaired) electrons. The van der Waals surface area contributed by atoms with E-state index in [2.05, 4.69) is 109 Å². The van der Waals surface area contributed by atoms with E-state index in [0.717, 1.165) is 22.3 Å². The standard InChI is InChI=1S/C32H26O2/c1-5-13-27(14-6-1)31(28-15-7-2-8-16-28)21-25(23-33-31)26-22-32(34-24-26,29-17-9-3-10-18-29)30-19-11-4-12-20-30/h1-22H,23-24H2. The Morgan fingerprint density at radius 1 is 0.382 bits per heavy atom. The Morgan fingerprint density at radius 2 is 0.647 bits per heavy atom. The molecular weight excluding hydrogens is 416 g/mol. The molecule has 2 heterocycles. The molecule has 0 aliphatic carbocycles. The lowest BCUT2D eigenvalue weighted by molar-refractivity contribution is 0.0510. The molecule has 2 nitrogen and oxygen atoms in total. The second kappa shape index (κ2) is 8.57. The molecule has 0 aromatic heterocycles. The molecule has 0 amide bonds. The molecule has 0 N–H and O–H groups in total. The van der Waals surface area contributed by atoms with Gasteiger partial charge in [0, 0.05) is 0 Å². The number of benzene rings is 4. The summed E-state index contributed by atoms with van der Waals surface area (Å²) in [7, 11) is 0. The molecule has 0 atom stereocenters. The third-order valence-corrected chi connectivity index (χ3v) is 6.89. The van der Waals surface area contributed by atoms with Crippen LogP contribution in [0.2, 0.25) is 0 Å². The van der Waals surface area contributed by atoms with E-state index in [4.69, 9.17) is 9.47 Å². The predicted molar refractivity (Wildman–Crippen MR) is 135 cm³/mol. The largest absolute Gasteiger partial charge is 0.357 e. The monoisotopic (exact) mass is 442 g/mol. The van der Waals surface area contributed by atoms with Crippen molar-refractivity contribution in [3.63, 3.8) is 0 Å². The molecule has 2 aliphatic heterocycles. The normalized spacial score (nSPS) is 18.4. The topological polar surface area (TPSA) is 18.5 Å². The first-order valence-electron chi connectivity index (χ1n) is 11.7. The Kier molecular flexibility index (Phi) is 5.26. The van der Waals surface area contributed by atoms with Gasteiger partial charge < -0.3 is 9.47 Å². The van der Waals surface area contributed by atoms with Gasteiger partial charge >= 0.3 is 0 Å². The molecule has 0 spiro atoms. The molecular formula is C32H26O2. The van der Waals surface area contributed by atoms with Gasteiger partial charge in [0.05, 0.1) is 13.2 Å². The van der Waals surface area contributed by atoms with Gasteiger partial charge in [0.2, 0.25) is 0 Å². The summed E-state index contributed by atoms with van der Waals surface area (Å²) < 4.78 is 13.3. The zero-order chi connectivity index (χ0) is 22.8. The number of ether oxygens (including phenoxy) is 2. The van der Waals surface area contributed by atoms with Gasteiger partial charge in [-0.3, -0.25) is 0 Å². The van der Waals surface area contributed by atoms with Gasteiger partial charge in [0.25, 0.3) is 0 Å². The highest BCUT2D eigenvalue weighted by Gasteiger charge is 2.43. The van der Waals surface area contributed by atoms with E-state index in [-0.39, 0.29) is 0 Å². The van der Waals surface area contributed by atoms with Crippen LogP contribution in [-0.4, -0.2) is 13.2 Å². The first-order valence-corrected chi connectivity index (χ1v) is 11.7. The third-order valence-electron chi connectivity index (χ3n) is 6.89. The van der Waals surface area contributed by atoms with E-state index in [1.54, 1.807) is 0 Å². The maximum Gasteiger partial charge on any atom is 0.137 e. The molecule has 0 fully saturated rings. The number of rotatable bonds is 5. The second-order valence-electron chi connectivity index (χ2n) is 8.85. The van der Waals surface area contributed by atoms with Crippen molar-refractivity contribution in [3.05, 3.63) is 167 Å². The SMILES string of the molecule is C1=C(C2=CC(c3ccccc3)(c3ccccc3)OC2)COC1(c1ccccc1)c1ccccc1. The van der Waals surface area contributed by atoms with Crippen molar-refractivity contribution in [2.24, 2.45) is 0 Å². The maximum atomic E-state index is 6.63. The van der Waals surface area contributed by atoms with Crippen molar-refractivity contribution in [2.45, 2.75) is 11.2 Å². The molecule has 0 bridgehead atoms. The summed E-state index contributed by atoms with van der Waals surface area (Å²) >= 11 is 0. The second-order valence-corrected chi connectivity index (χ2v) is 8.85. The fourth-order valence-electron chi connectivity index (χ4n) is 5.15. The number of hydrogen-bond donors (Lipinski definition) is 0. The summed E-state index contributed by atoms with van der Waals surface area (Å²) in [5.74, 6) is 0. The fourth-order valence-corrected chi connectivity index (χ4v) is 5.15. The summed E-state index contributed by atoms with van der Waals surface area (Å²) in [5.41, 5.74) is 5.68. The summed E-state index contributed by atoms with van der Waals surface area (Å²) in [6.45, 7) is 1.08. The van der Waals surface area contributed by atoms with Crippen LogP contribution >= 0.6 is 0 Å². The van der Waals surface area contributed by atoms with Crippen molar-refractivity contribution < 1.29 is 9.47 Å². The van der Waals surface area contributed by atoms with E-state index in [1.807, 2.05) is 24.3 Å². The lowest BCUT2D eigenvalue weighted by Gasteiger charge is -2.28. The van der Waals surface area contributed by atoms with Crippen molar-refractivity contribution in [2.75, 3.05) is 13.2 Å². The Hall–Kier alpha value is -3.72. The highest BCUT2D eigenvalue weighted by Crippen LogP contribution is 2.46. The maximum absolute atomic E-state index is 6.63. The van der Waals surface area contributed by atoms with E-state index >= 15 is 0 Å². The minimum Gasteiger partial charge on any atom is -0.357 e. The van der Waals surface area contributed by atoms with E-state index in [0.29, 0.717) is 13.2 Å². The van der Waals surface area contributed by atoms with Crippen molar-refractivity contribution in [1.82, 2.24) is 0 Å². The van der Waals surface area contributed by atoms with Crippen molar-refractivity contribution in [3.8, 4) is 0 Å². The smallest absolute Gasteiger partial charge is 0.137 e. The molecule has 4 aromatic rings. The van der Waals surface area contributed by atoms with Crippen LogP contribution < -0.4 is 0 Å². The van der Waals surface area contributed by atoms with Crippen molar-refractivity contribution in [1.29, 1.82) is 0 Å². The van der Waals surface area contributed by atoms with Crippen LogP contribution in [0.5, 0.6) is 0 Å². The summed E-state index contributed by atoms with van der Waals surface area (Å²) in [5, 5.41) is 0. The molecule has 2 heteroatoms. The summed E-state index contributed by atoms with van der Waals surface area (Å²) in [4.78, 5) is 0. The number of hydrogen-bond acceptors (Lipinski definition) is 2. The molecule has 0 unspecified atom stereocenters. The summed E-state index contributed by atoms with van der Waals surface area (Å²) in [6.07, 6.45) is 4.58. The molecule has 0 saturated carbocycles. The van der Waals surface area contributed by atoms with Crippen LogP contribution in [0.25, 0.3) is 0 Å². The lowest BCUT2D eigenvalue weighted by Crippen LogP contribution is -2.25. The minimum absolute atomic E-state index is 0.540. The van der Waals surface area contributed by atoms with Crippen LogP contribution in [0.15, 0.2) is 145 Å². The Balaban J connectivity index is 1.48. The lowest BCUT2D eigenvalue weighted by atomic mass is 9.83. The van der Waals surface area contributed by atoms with Crippen LogP contribution in [-0.2, 0) is 20.7 Å². The summed E-state index contributed by atoms with van der Waals surface area (Å²) in [6, 6.07) is 41.9. The Bertz CT molecular complexity index is 1140. The molecule has 6 rings (SSSR count). The van der Waals surface area contributed by atoms with Crippen LogP contribution in [0, 0.1) is 0 Å². The zero-order valence-electron chi connectivity index (χ0n) is 18.9. The van der Waals surface area contributed by atoms with Crippen LogP contribution in [0.1, 0.15) is 22.3 Å². The van der Waals surface area contributed by atoms with Gasteiger partial charge in [-0.1, -0.05) is 121 Å². The molecule has 4 aromatic carbocycles. The van der Waals surface area contributed by atoms with Gasteiger partial charge in [-0.05, 0) is 45.6 Å². The highest BCUT2D eigenvalue weighted by atomic mass is 16.5. The first-order chi connectivity index (χ1) is 16.8. The van der Waals surface area contributed by atoms with Crippen molar-refractivity contribution >= 4 is 0 Å². The minimum atomic E-state index is -0.608. The quantitative estimate of drug-likeness (QED) is 0.339. The molecule has 2 aliphatic rings. The molecule has 166 valence electrons. The van der Waals surface area contributed by atoms with Gasteiger partial charge in [0.1, 0.15) is 11.2 Å². The van der Waals surface area contributed by atoms with Crippen LogP contribution in [0.3, 0.4) is 0 Å². The highest BCUT2D eigenvalue weighted by molar-refractivity contribution is 5.53. The van der Waals surface area contributed by atoms with Gasteiger partial charge in [-0.15, -0.1) is 0 Å². The first kappa shape index (κ1) is 20.9. The average molecular weight is 443 g/mol. The van der Waals surface area contributed by atoms with Gasteiger partial charge in [0.15, 0.2) is 0 Å². The zero-order valence-corrected chi connectivity index (χ0v) is 18.9. The van der Waals surface area contributed by atoms with Gasteiger partial charge in [-0.25, -0.2) is 0 Å². The Morgan fingerprint density at radius 3 is 0.912 bits per heavy atom. The van der Waals surface area contributed by atoms with E-state index in [9.17, 15) is 0 Å².